The molecular weight excluding hydrogens is 305 g/mol. The van der Waals surface area contributed by atoms with Crippen molar-refractivity contribution >= 4 is 40.4 Å². The fourth-order valence-electron chi connectivity index (χ4n) is 1.64. The Balaban J connectivity index is 2.22. The van der Waals surface area contributed by atoms with Gasteiger partial charge in [0.15, 0.2) is 0 Å². The van der Waals surface area contributed by atoms with Crippen molar-refractivity contribution in [3.05, 3.63) is 44.3 Å². The summed E-state index contributed by atoms with van der Waals surface area (Å²) in [6.07, 6.45) is 0. The molecule has 2 aromatic rings. The first kappa shape index (κ1) is 14.2. The van der Waals surface area contributed by atoms with Crippen LogP contribution in [0.4, 0.5) is 0 Å². The number of nitrogens with zero attached hydrogens (tertiary/aromatic N) is 3. The minimum absolute atomic E-state index is 0.163. The van der Waals surface area contributed by atoms with Crippen LogP contribution >= 0.6 is 34.5 Å². The van der Waals surface area contributed by atoms with Gasteiger partial charge < -0.3 is 4.90 Å². The Hall–Kier alpha value is -1.17. The molecule has 0 radical (unpaired) electrons. The van der Waals surface area contributed by atoms with E-state index in [0.29, 0.717) is 5.02 Å². The van der Waals surface area contributed by atoms with Gasteiger partial charge in [0.2, 0.25) is 9.47 Å². The number of hydrogen-bond donors (Lipinski definition) is 0. The lowest BCUT2D eigenvalue weighted by molar-refractivity contribution is 0.0741. The summed E-state index contributed by atoms with van der Waals surface area (Å²) in [4.78, 5) is 13.8. The van der Waals surface area contributed by atoms with Crippen molar-refractivity contribution in [3.63, 3.8) is 0 Å². The number of aromatic nitrogens is 2. The lowest BCUT2D eigenvalue weighted by Gasteiger charge is -2.25. The van der Waals surface area contributed by atoms with E-state index >= 15 is 0 Å². The monoisotopic (exact) mass is 315 g/mol. The Labute approximate surface area is 125 Å². The van der Waals surface area contributed by atoms with Crippen LogP contribution in [0.15, 0.2) is 24.3 Å². The van der Waals surface area contributed by atoms with Crippen LogP contribution in [0.5, 0.6) is 0 Å². The molecule has 19 heavy (non-hydrogen) atoms. The summed E-state index contributed by atoms with van der Waals surface area (Å²) in [5.74, 6) is -0.225. The average Bonchev–Trinajstić information content (AvgIpc) is 2.83. The molecule has 1 atom stereocenters. The third-order valence-electron chi connectivity index (χ3n) is 2.84. The highest BCUT2D eigenvalue weighted by Gasteiger charge is 2.23. The molecule has 1 aromatic carbocycles. The molecule has 0 saturated heterocycles. The quantitative estimate of drug-likeness (QED) is 0.868. The van der Waals surface area contributed by atoms with E-state index in [9.17, 15) is 4.79 Å². The molecule has 0 aliphatic rings. The van der Waals surface area contributed by atoms with E-state index in [-0.39, 0.29) is 21.4 Å². The van der Waals surface area contributed by atoms with Crippen molar-refractivity contribution in [1.82, 2.24) is 15.1 Å². The maximum Gasteiger partial charge on any atom is 0.285 e. The van der Waals surface area contributed by atoms with Gasteiger partial charge in [-0.05, 0) is 30.2 Å². The molecule has 100 valence electrons. The van der Waals surface area contributed by atoms with Crippen molar-refractivity contribution in [2.45, 2.75) is 13.0 Å². The molecule has 1 aromatic heterocycles. The Kier molecular flexibility index (Phi) is 4.39. The molecule has 0 N–H and O–H groups in total. The first-order valence-corrected chi connectivity index (χ1v) is 7.08. The smallest absolute Gasteiger partial charge is 0.285 e. The lowest BCUT2D eigenvalue weighted by atomic mass is 10.1. The number of rotatable bonds is 3. The molecular formula is C12H11Cl2N3OS. The topological polar surface area (TPSA) is 46.1 Å². The van der Waals surface area contributed by atoms with Crippen molar-refractivity contribution in [2.24, 2.45) is 0 Å². The second kappa shape index (κ2) is 5.86. The maximum absolute atomic E-state index is 12.2. The average molecular weight is 316 g/mol. The van der Waals surface area contributed by atoms with Crippen LogP contribution < -0.4 is 0 Å². The minimum atomic E-state index is -0.225. The number of benzene rings is 1. The molecule has 0 fully saturated rings. The number of carbonyl (C=O) groups excluding carboxylic acids is 1. The van der Waals surface area contributed by atoms with Crippen molar-refractivity contribution in [3.8, 4) is 0 Å². The Morgan fingerprint density at radius 2 is 2.00 bits per heavy atom. The van der Waals surface area contributed by atoms with Crippen molar-refractivity contribution in [2.75, 3.05) is 7.05 Å². The molecule has 0 aliphatic heterocycles. The molecule has 0 aliphatic carbocycles. The van der Waals surface area contributed by atoms with Gasteiger partial charge in [-0.25, -0.2) is 0 Å². The molecule has 0 bridgehead atoms. The fraction of sp³-hybridized carbons (Fsp3) is 0.250. The van der Waals surface area contributed by atoms with Gasteiger partial charge in [0.25, 0.3) is 5.91 Å². The van der Waals surface area contributed by atoms with E-state index in [1.54, 1.807) is 18.0 Å². The largest absolute Gasteiger partial charge is 0.333 e. The van der Waals surface area contributed by atoms with Crippen LogP contribution in [0.25, 0.3) is 0 Å². The Bertz CT molecular complexity index is 602. The van der Waals surface area contributed by atoms with E-state index in [2.05, 4.69) is 10.2 Å². The van der Waals surface area contributed by atoms with Gasteiger partial charge in [-0.15, -0.1) is 10.2 Å². The Morgan fingerprint density at radius 3 is 2.58 bits per heavy atom. The predicted octanol–water partition coefficient (Wildman–Crippen LogP) is 3.68. The number of carbonyl (C=O) groups is 1. The van der Waals surface area contributed by atoms with Gasteiger partial charge >= 0.3 is 0 Å². The fourth-order valence-corrected chi connectivity index (χ4v) is 2.75. The summed E-state index contributed by atoms with van der Waals surface area (Å²) >= 11 is 12.9. The van der Waals surface area contributed by atoms with Crippen molar-refractivity contribution in [1.29, 1.82) is 0 Å². The summed E-state index contributed by atoms with van der Waals surface area (Å²) in [6.45, 7) is 1.90. The predicted molar refractivity (Wildman–Crippen MR) is 76.9 cm³/mol. The number of hydrogen-bond acceptors (Lipinski definition) is 4. The van der Waals surface area contributed by atoms with E-state index in [0.717, 1.165) is 16.9 Å². The SMILES string of the molecule is CC(c1ccccc1Cl)N(C)C(=O)c1nnc(Cl)s1. The van der Waals surface area contributed by atoms with Gasteiger partial charge in [0.05, 0.1) is 6.04 Å². The first-order chi connectivity index (χ1) is 9.00. The van der Waals surface area contributed by atoms with E-state index < -0.39 is 0 Å². The standard InChI is InChI=1S/C12H11Cl2N3OS/c1-7(8-5-3-4-6-9(8)13)17(2)11(18)10-15-16-12(14)19-10/h3-7H,1-2H3. The second-order valence-corrected chi connectivity index (χ2v) is 5.94. The van der Waals surface area contributed by atoms with E-state index in [1.807, 2.05) is 25.1 Å². The zero-order chi connectivity index (χ0) is 14.0. The van der Waals surface area contributed by atoms with Gasteiger partial charge in [-0.2, -0.15) is 0 Å². The van der Waals surface area contributed by atoms with Gasteiger partial charge in [-0.3, -0.25) is 4.79 Å². The highest BCUT2D eigenvalue weighted by Crippen LogP contribution is 2.27. The Morgan fingerprint density at radius 1 is 1.32 bits per heavy atom. The van der Waals surface area contributed by atoms with Crippen molar-refractivity contribution < 1.29 is 4.79 Å². The minimum Gasteiger partial charge on any atom is -0.333 e. The van der Waals surface area contributed by atoms with Crippen LogP contribution in [-0.4, -0.2) is 28.1 Å². The van der Waals surface area contributed by atoms with Crippen LogP contribution in [0.3, 0.4) is 0 Å². The van der Waals surface area contributed by atoms with Crippen LogP contribution in [0.2, 0.25) is 9.49 Å². The van der Waals surface area contributed by atoms with Crippen LogP contribution in [-0.2, 0) is 0 Å². The number of amides is 1. The van der Waals surface area contributed by atoms with E-state index in [4.69, 9.17) is 23.2 Å². The zero-order valence-electron chi connectivity index (χ0n) is 10.3. The van der Waals surface area contributed by atoms with Crippen LogP contribution in [0, 0.1) is 0 Å². The van der Waals surface area contributed by atoms with Gasteiger partial charge in [0.1, 0.15) is 0 Å². The summed E-state index contributed by atoms with van der Waals surface area (Å²) < 4.78 is 0.252. The summed E-state index contributed by atoms with van der Waals surface area (Å²) in [5, 5.41) is 8.28. The summed E-state index contributed by atoms with van der Waals surface area (Å²) in [6, 6.07) is 7.27. The molecule has 0 saturated carbocycles. The molecule has 1 unspecified atom stereocenters. The highest BCUT2D eigenvalue weighted by molar-refractivity contribution is 7.17. The normalized spacial score (nSPS) is 12.2. The zero-order valence-corrected chi connectivity index (χ0v) is 12.6. The second-order valence-electron chi connectivity index (χ2n) is 3.97. The third-order valence-corrected chi connectivity index (χ3v) is 4.19. The number of halogens is 2. The van der Waals surface area contributed by atoms with Gasteiger partial charge in [-0.1, -0.05) is 41.1 Å². The van der Waals surface area contributed by atoms with E-state index in [1.165, 1.54) is 0 Å². The lowest BCUT2D eigenvalue weighted by Crippen LogP contribution is -2.29. The first-order valence-electron chi connectivity index (χ1n) is 5.51. The maximum atomic E-state index is 12.2. The molecule has 1 heterocycles. The molecule has 7 heteroatoms. The van der Waals surface area contributed by atoms with Gasteiger partial charge in [0, 0.05) is 12.1 Å². The summed E-state index contributed by atoms with van der Waals surface area (Å²) in [7, 11) is 1.70. The third kappa shape index (κ3) is 3.05. The molecule has 0 spiro atoms. The molecule has 2 rings (SSSR count). The highest BCUT2D eigenvalue weighted by atomic mass is 35.5. The molecule has 1 amide bonds. The van der Waals surface area contributed by atoms with Crippen LogP contribution in [0.1, 0.15) is 28.3 Å². The summed E-state index contributed by atoms with van der Waals surface area (Å²) in [5.41, 5.74) is 0.885. The molecule has 4 nitrogen and oxygen atoms in total.